The molecule has 146 valence electrons. The standard InChI is InChI=1S/C22H32N4O/c1-24(13-7-10-18-9-5-6-12-21(18)27-4)16-19-11-8-14-25(2)22(19)20-15-23-26(3)17-20/h5-7,9-10,12,15,17,19,22H,8,11,13-14,16H2,1-4H3/b10-7+/t19-,22+/m0/s1. The number of benzene rings is 1. The average molecular weight is 369 g/mol. The summed E-state index contributed by atoms with van der Waals surface area (Å²) >= 11 is 0. The van der Waals surface area contributed by atoms with Crippen molar-refractivity contribution in [2.75, 3.05) is 40.8 Å². The second-order valence-electron chi connectivity index (χ2n) is 7.64. The number of ether oxygens (including phenoxy) is 1. The number of hydrogen-bond donors (Lipinski definition) is 0. The van der Waals surface area contributed by atoms with Gasteiger partial charge in [0.05, 0.1) is 13.3 Å². The molecule has 0 bridgehead atoms. The van der Waals surface area contributed by atoms with Gasteiger partial charge in [0.1, 0.15) is 5.75 Å². The Kier molecular flexibility index (Phi) is 6.69. The monoisotopic (exact) mass is 368 g/mol. The summed E-state index contributed by atoms with van der Waals surface area (Å²) in [7, 11) is 8.17. The summed E-state index contributed by atoms with van der Waals surface area (Å²) in [5, 5.41) is 4.39. The molecule has 0 amide bonds. The van der Waals surface area contributed by atoms with Crippen LogP contribution in [0.5, 0.6) is 5.75 Å². The van der Waals surface area contributed by atoms with E-state index in [1.165, 1.54) is 18.4 Å². The van der Waals surface area contributed by atoms with Crippen LogP contribution in [0.25, 0.3) is 6.08 Å². The van der Waals surface area contributed by atoms with Crippen molar-refractivity contribution in [2.24, 2.45) is 13.0 Å². The van der Waals surface area contributed by atoms with Crippen molar-refractivity contribution in [3.8, 4) is 5.75 Å². The van der Waals surface area contributed by atoms with Crippen molar-refractivity contribution < 1.29 is 4.74 Å². The Labute approximate surface area is 163 Å². The lowest BCUT2D eigenvalue weighted by molar-refractivity contribution is 0.0973. The van der Waals surface area contributed by atoms with Crippen LogP contribution in [0.4, 0.5) is 0 Å². The normalized spacial score (nSPS) is 21.2. The molecular formula is C22H32N4O. The van der Waals surface area contributed by atoms with E-state index in [2.05, 4.69) is 53.4 Å². The predicted molar refractivity (Wildman–Crippen MR) is 111 cm³/mol. The molecule has 1 aromatic carbocycles. The third-order valence-corrected chi connectivity index (χ3v) is 5.47. The van der Waals surface area contributed by atoms with Crippen molar-refractivity contribution in [2.45, 2.75) is 18.9 Å². The smallest absolute Gasteiger partial charge is 0.126 e. The maximum Gasteiger partial charge on any atom is 0.126 e. The number of rotatable bonds is 7. The van der Waals surface area contributed by atoms with Gasteiger partial charge in [-0.05, 0) is 45.5 Å². The lowest BCUT2D eigenvalue weighted by atomic mass is 9.86. The Balaban J connectivity index is 1.61. The van der Waals surface area contributed by atoms with Crippen LogP contribution in [0.2, 0.25) is 0 Å². The first-order valence-electron chi connectivity index (χ1n) is 9.75. The van der Waals surface area contributed by atoms with Crippen LogP contribution in [0.3, 0.4) is 0 Å². The first-order valence-corrected chi connectivity index (χ1v) is 9.75. The second kappa shape index (κ2) is 9.20. The molecule has 1 fully saturated rings. The van der Waals surface area contributed by atoms with Crippen LogP contribution >= 0.6 is 0 Å². The van der Waals surface area contributed by atoms with E-state index in [-0.39, 0.29) is 0 Å². The lowest BCUT2D eigenvalue weighted by Gasteiger charge is -2.40. The third-order valence-electron chi connectivity index (χ3n) is 5.47. The Morgan fingerprint density at radius 2 is 2.11 bits per heavy atom. The van der Waals surface area contributed by atoms with Crippen molar-refractivity contribution in [1.29, 1.82) is 0 Å². The summed E-state index contributed by atoms with van der Waals surface area (Å²) in [4.78, 5) is 4.91. The first kappa shape index (κ1) is 19.6. The van der Waals surface area contributed by atoms with Crippen molar-refractivity contribution in [3.05, 3.63) is 53.9 Å². The Morgan fingerprint density at radius 1 is 1.30 bits per heavy atom. The highest BCUT2D eigenvalue weighted by molar-refractivity contribution is 5.57. The summed E-state index contributed by atoms with van der Waals surface area (Å²) in [6.07, 6.45) is 11.1. The molecule has 0 saturated carbocycles. The molecule has 0 aliphatic carbocycles. The number of para-hydroxylation sites is 1. The maximum absolute atomic E-state index is 5.42. The number of methoxy groups -OCH3 is 1. The van der Waals surface area contributed by atoms with Crippen LogP contribution in [-0.2, 0) is 7.05 Å². The molecule has 27 heavy (non-hydrogen) atoms. The van der Waals surface area contributed by atoms with Gasteiger partial charge in [0.15, 0.2) is 0 Å². The van der Waals surface area contributed by atoms with E-state index >= 15 is 0 Å². The molecule has 0 radical (unpaired) electrons. The summed E-state index contributed by atoms with van der Waals surface area (Å²) < 4.78 is 7.33. The van der Waals surface area contributed by atoms with Crippen LogP contribution in [0.15, 0.2) is 42.7 Å². The molecule has 3 rings (SSSR count). The highest BCUT2D eigenvalue weighted by Crippen LogP contribution is 2.35. The SMILES string of the molecule is COc1ccccc1/C=C/CN(C)C[C@@H]1CCCN(C)[C@H]1c1cnn(C)c1. The zero-order chi connectivity index (χ0) is 19.2. The first-order chi connectivity index (χ1) is 13.1. The van der Waals surface area contributed by atoms with E-state index in [1.807, 2.05) is 36.1 Å². The summed E-state index contributed by atoms with van der Waals surface area (Å²) in [5.74, 6) is 1.54. The fourth-order valence-corrected chi connectivity index (χ4v) is 4.21. The minimum absolute atomic E-state index is 0.452. The molecule has 0 unspecified atom stereocenters. The maximum atomic E-state index is 5.42. The van der Waals surface area contributed by atoms with Gasteiger partial charge in [-0.25, -0.2) is 0 Å². The predicted octanol–water partition coefficient (Wildman–Crippen LogP) is 3.46. The minimum Gasteiger partial charge on any atom is -0.496 e. The zero-order valence-corrected chi connectivity index (χ0v) is 17.0. The molecule has 2 aromatic rings. The number of nitrogens with zero attached hydrogens (tertiary/aromatic N) is 4. The van der Waals surface area contributed by atoms with E-state index in [0.717, 1.165) is 30.9 Å². The number of aryl methyl sites for hydroxylation is 1. The van der Waals surface area contributed by atoms with Crippen molar-refractivity contribution >= 4 is 6.08 Å². The van der Waals surface area contributed by atoms with Crippen LogP contribution in [-0.4, -0.2) is 60.4 Å². The van der Waals surface area contributed by atoms with Crippen LogP contribution in [0, 0.1) is 5.92 Å². The average Bonchev–Trinajstić information content (AvgIpc) is 3.08. The fourth-order valence-electron chi connectivity index (χ4n) is 4.21. The largest absolute Gasteiger partial charge is 0.496 e. The molecule has 2 heterocycles. The molecule has 1 aliphatic rings. The van der Waals surface area contributed by atoms with Gasteiger partial charge in [-0.15, -0.1) is 0 Å². The van der Waals surface area contributed by atoms with Crippen LogP contribution in [0.1, 0.15) is 30.0 Å². The molecule has 1 aromatic heterocycles. The van der Waals surface area contributed by atoms with Gasteiger partial charge in [0.2, 0.25) is 0 Å². The molecule has 1 saturated heterocycles. The topological polar surface area (TPSA) is 33.5 Å². The van der Waals surface area contributed by atoms with Crippen LogP contribution < -0.4 is 4.74 Å². The van der Waals surface area contributed by atoms with Gasteiger partial charge in [0.25, 0.3) is 0 Å². The van der Waals surface area contributed by atoms with Gasteiger partial charge in [-0.2, -0.15) is 5.10 Å². The molecule has 2 atom stereocenters. The van der Waals surface area contributed by atoms with Crippen molar-refractivity contribution in [1.82, 2.24) is 19.6 Å². The number of aromatic nitrogens is 2. The number of likely N-dealkylation sites (N-methyl/N-ethyl adjacent to an activating group) is 1. The van der Waals surface area contributed by atoms with Gasteiger partial charge < -0.3 is 9.64 Å². The Morgan fingerprint density at radius 3 is 2.85 bits per heavy atom. The zero-order valence-electron chi connectivity index (χ0n) is 17.0. The molecule has 0 spiro atoms. The molecule has 0 N–H and O–H groups in total. The summed E-state index contributed by atoms with van der Waals surface area (Å²) in [6, 6.07) is 8.58. The quantitative estimate of drug-likeness (QED) is 0.749. The molecule has 1 aliphatic heterocycles. The van der Waals surface area contributed by atoms with E-state index in [9.17, 15) is 0 Å². The second-order valence-corrected chi connectivity index (χ2v) is 7.64. The Hall–Kier alpha value is -2.11. The third kappa shape index (κ3) is 4.99. The van der Waals surface area contributed by atoms with Gasteiger partial charge in [0, 0.05) is 43.5 Å². The fraction of sp³-hybridized carbons (Fsp3) is 0.500. The highest BCUT2D eigenvalue weighted by Gasteiger charge is 2.31. The minimum atomic E-state index is 0.452. The lowest BCUT2D eigenvalue weighted by Crippen LogP contribution is -2.41. The number of likely N-dealkylation sites (tertiary alicyclic amines) is 1. The van der Waals surface area contributed by atoms with E-state index < -0.39 is 0 Å². The molecule has 5 heteroatoms. The van der Waals surface area contributed by atoms with E-state index in [0.29, 0.717) is 12.0 Å². The molecular weight excluding hydrogens is 336 g/mol. The number of hydrogen-bond acceptors (Lipinski definition) is 4. The molecule has 5 nitrogen and oxygen atoms in total. The van der Waals surface area contributed by atoms with Gasteiger partial charge >= 0.3 is 0 Å². The number of piperidine rings is 1. The van der Waals surface area contributed by atoms with E-state index in [4.69, 9.17) is 4.74 Å². The van der Waals surface area contributed by atoms with Gasteiger partial charge in [-0.1, -0.05) is 30.4 Å². The highest BCUT2D eigenvalue weighted by atomic mass is 16.5. The Bertz CT molecular complexity index is 754. The van der Waals surface area contributed by atoms with Gasteiger partial charge in [-0.3, -0.25) is 9.58 Å². The summed E-state index contributed by atoms with van der Waals surface area (Å²) in [5.41, 5.74) is 2.46. The summed E-state index contributed by atoms with van der Waals surface area (Å²) in [6.45, 7) is 3.17. The van der Waals surface area contributed by atoms with E-state index in [1.54, 1.807) is 7.11 Å². The van der Waals surface area contributed by atoms with Crippen molar-refractivity contribution in [3.63, 3.8) is 0 Å².